The van der Waals surface area contributed by atoms with Crippen LogP contribution in [0.3, 0.4) is 0 Å². The number of carbonyl (C=O) groups is 2. The molecule has 1 aromatic heterocycles. The van der Waals surface area contributed by atoms with Gasteiger partial charge in [-0.15, -0.1) is 0 Å². The summed E-state index contributed by atoms with van der Waals surface area (Å²) in [4.78, 5) is 36.6. The van der Waals surface area contributed by atoms with Gasteiger partial charge >= 0.3 is 5.97 Å². The van der Waals surface area contributed by atoms with E-state index in [1.54, 1.807) is 24.3 Å². The van der Waals surface area contributed by atoms with Crippen LogP contribution in [-0.4, -0.2) is 25.0 Å². The Morgan fingerprint density at radius 1 is 1.07 bits per heavy atom. The van der Waals surface area contributed by atoms with Crippen molar-refractivity contribution in [2.75, 3.05) is 13.2 Å². The largest absolute Gasteiger partial charge is 0.450 e. The van der Waals surface area contributed by atoms with Crippen molar-refractivity contribution in [1.82, 2.24) is 5.32 Å². The molecule has 4 bridgehead atoms. The summed E-state index contributed by atoms with van der Waals surface area (Å²) in [6, 6.07) is 7.81. The first-order valence-corrected chi connectivity index (χ1v) is 10.5. The first-order valence-electron chi connectivity index (χ1n) is 10.5. The van der Waals surface area contributed by atoms with Gasteiger partial charge in [-0.2, -0.15) is 0 Å². The minimum absolute atomic E-state index is 0.192. The summed E-state index contributed by atoms with van der Waals surface area (Å²) >= 11 is 0. The van der Waals surface area contributed by atoms with Gasteiger partial charge in [-0.25, -0.2) is 4.79 Å². The van der Waals surface area contributed by atoms with Gasteiger partial charge in [0.05, 0.1) is 5.39 Å². The third kappa shape index (κ3) is 3.56. The van der Waals surface area contributed by atoms with Crippen LogP contribution < -0.4 is 10.7 Å². The monoisotopic (exact) mass is 395 g/mol. The molecule has 1 aromatic carbocycles. The number of carbonyl (C=O) groups excluding carboxylic acids is 2. The van der Waals surface area contributed by atoms with Crippen LogP contribution in [0.5, 0.6) is 0 Å². The van der Waals surface area contributed by atoms with E-state index in [4.69, 9.17) is 9.15 Å². The van der Waals surface area contributed by atoms with Gasteiger partial charge in [0, 0.05) is 12.6 Å². The van der Waals surface area contributed by atoms with E-state index in [0.717, 1.165) is 23.8 Å². The van der Waals surface area contributed by atoms with Crippen LogP contribution in [-0.2, 0) is 9.53 Å². The Kier molecular flexibility index (Phi) is 4.45. The smallest absolute Gasteiger partial charge is 0.374 e. The van der Waals surface area contributed by atoms with Gasteiger partial charge in [0.25, 0.3) is 5.91 Å². The van der Waals surface area contributed by atoms with Gasteiger partial charge < -0.3 is 14.5 Å². The lowest BCUT2D eigenvalue weighted by Crippen LogP contribution is -2.51. The van der Waals surface area contributed by atoms with Crippen molar-refractivity contribution in [3.05, 3.63) is 46.3 Å². The number of para-hydroxylation sites is 1. The molecular weight excluding hydrogens is 370 g/mol. The molecule has 4 aliphatic rings. The molecule has 4 saturated carbocycles. The highest BCUT2D eigenvalue weighted by molar-refractivity contribution is 5.90. The molecule has 6 rings (SSSR count). The van der Waals surface area contributed by atoms with Crippen LogP contribution in [0.2, 0.25) is 0 Å². The normalized spacial score (nSPS) is 29.7. The molecule has 1 N–H and O–H groups in total. The maximum atomic E-state index is 12.3. The molecule has 0 unspecified atom stereocenters. The zero-order chi connectivity index (χ0) is 20.0. The average molecular weight is 395 g/mol. The number of hydrogen-bond acceptors (Lipinski definition) is 5. The molecule has 4 aliphatic carbocycles. The Bertz CT molecular complexity index is 988. The second kappa shape index (κ2) is 7.01. The average Bonchev–Trinajstić information content (AvgIpc) is 2.69. The van der Waals surface area contributed by atoms with Crippen LogP contribution in [0.15, 0.2) is 39.5 Å². The van der Waals surface area contributed by atoms with Gasteiger partial charge in [0.1, 0.15) is 5.58 Å². The van der Waals surface area contributed by atoms with Gasteiger partial charge in [0.15, 0.2) is 12.0 Å². The van der Waals surface area contributed by atoms with E-state index in [2.05, 4.69) is 5.32 Å². The Morgan fingerprint density at radius 2 is 1.72 bits per heavy atom. The number of benzene rings is 1. The zero-order valence-electron chi connectivity index (χ0n) is 16.3. The first-order chi connectivity index (χ1) is 14.0. The third-order valence-corrected chi connectivity index (χ3v) is 7.00. The fourth-order valence-electron chi connectivity index (χ4n) is 6.25. The molecule has 6 heteroatoms. The lowest BCUT2D eigenvalue weighted by atomic mass is 9.49. The minimum Gasteiger partial charge on any atom is -0.450 e. The van der Waals surface area contributed by atoms with E-state index < -0.39 is 5.97 Å². The minimum atomic E-state index is -0.808. The second-order valence-electron chi connectivity index (χ2n) is 9.24. The van der Waals surface area contributed by atoms with Crippen molar-refractivity contribution >= 4 is 22.8 Å². The quantitative estimate of drug-likeness (QED) is 0.786. The van der Waals surface area contributed by atoms with E-state index in [-0.39, 0.29) is 29.1 Å². The molecule has 152 valence electrons. The van der Waals surface area contributed by atoms with E-state index in [9.17, 15) is 14.4 Å². The maximum absolute atomic E-state index is 12.3. The number of ether oxygens (including phenoxy) is 1. The summed E-state index contributed by atoms with van der Waals surface area (Å²) in [5.41, 5.74) is 0.239. The second-order valence-corrected chi connectivity index (χ2v) is 9.24. The molecule has 0 saturated heterocycles. The lowest BCUT2D eigenvalue weighted by molar-refractivity contribution is -0.126. The molecule has 6 nitrogen and oxygen atoms in total. The highest BCUT2D eigenvalue weighted by atomic mass is 16.5. The summed E-state index contributed by atoms with van der Waals surface area (Å²) in [5, 5.41) is 3.38. The molecule has 0 radical (unpaired) electrons. The van der Waals surface area contributed by atoms with Crippen LogP contribution >= 0.6 is 0 Å². The predicted octanol–water partition coefficient (Wildman–Crippen LogP) is 3.28. The standard InChI is InChI=1S/C23H25NO5/c25-18-8-20(29-19-4-2-1-3-17(18)19)22(27)28-12-21(26)24-13-23-9-14-5-15(10-23)7-16(6-14)11-23/h1-4,8,14-16H,5-7,9-13H2,(H,24,26). The van der Waals surface area contributed by atoms with Crippen LogP contribution in [0.25, 0.3) is 11.0 Å². The number of esters is 1. The summed E-state index contributed by atoms with van der Waals surface area (Å²) in [7, 11) is 0. The van der Waals surface area contributed by atoms with Crippen molar-refractivity contribution in [3.63, 3.8) is 0 Å². The fraction of sp³-hybridized carbons (Fsp3) is 0.522. The summed E-state index contributed by atoms with van der Waals surface area (Å²) in [6.45, 7) is 0.291. The fourth-order valence-corrected chi connectivity index (χ4v) is 6.25. The van der Waals surface area contributed by atoms with Crippen LogP contribution in [0.1, 0.15) is 49.1 Å². The predicted molar refractivity (Wildman–Crippen MR) is 106 cm³/mol. The summed E-state index contributed by atoms with van der Waals surface area (Å²) < 4.78 is 10.5. The molecule has 1 heterocycles. The van der Waals surface area contributed by atoms with Gasteiger partial charge in [0.2, 0.25) is 5.76 Å². The molecule has 0 aliphatic heterocycles. The van der Waals surface area contributed by atoms with Crippen molar-refractivity contribution in [1.29, 1.82) is 0 Å². The summed E-state index contributed by atoms with van der Waals surface area (Å²) in [6.07, 6.45) is 7.72. The lowest BCUT2D eigenvalue weighted by Gasteiger charge is -2.56. The molecule has 0 atom stereocenters. The van der Waals surface area contributed by atoms with E-state index in [1.807, 2.05) is 0 Å². The Labute approximate surface area is 168 Å². The van der Waals surface area contributed by atoms with Crippen molar-refractivity contribution < 1.29 is 18.7 Å². The third-order valence-electron chi connectivity index (χ3n) is 7.00. The molecular formula is C23H25NO5. The van der Waals surface area contributed by atoms with Gasteiger partial charge in [-0.3, -0.25) is 9.59 Å². The van der Waals surface area contributed by atoms with Crippen LogP contribution in [0.4, 0.5) is 0 Å². The molecule has 2 aromatic rings. The maximum Gasteiger partial charge on any atom is 0.374 e. The Balaban J connectivity index is 1.17. The van der Waals surface area contributed by atoms with E-state index in [1.165, 1.54) is 38.5 Å². The summed E-state index contributed by atoms with van der Waals surface area (Å²) in [5.74, 6) is 1.17. The van der Waals surface area contributed by atoms with Crippen LogP contribution in [0, 0.1) is 23.2 Å². The van der Waals surface area contributed by atoms with Crippen molar-refractivity contribution in [3.8, 4) is 0 Å². The topological polar surface area (TPSA) is 85.6 Å². The molecule has 0 spiro atoms. The van der Waals surface area contributed by atoms with E-state index in [0.29, 0.717) is 17.5 Å². The molecule has 1 amide bonds. The van der Waals surface area contributed by atoms with Gasteiger partial charge in [-0.05, 0) is 73.8 Å². The number of amides is 1. The molecule has 4 fully saturated rings. The van der Waals surface area contributed by atoms with Crippen molar-refractivity contribution in [2.45, 2.75) is 38.5 Å². The first kappa shape index (κ1) is 18.4. The van der Waals surface area contributed by atoms with Crippen molar-refractivity contribution in [2.24, 2.45) is 23.2 Å². The molecule has 29 heavy (non-hydrogen) atoms. The number of nitrogens with one attached hydrogen (secondary N) is 1. The number of hydrogen-bond donors (Lipinski definition) is 1. The highest BCUT2D eigenvalue weighted by Gasteiger charge is 2.50. The number of fused-ring (bicyclic) bond motifs is 1. The zero-order valence-corrected chi connectivity index (χ0v) is 16.3. The Morgan fingerprint density at radius 3 is 2.41 bits per heavy atom. The van der Waals surface area contributed by atoms with E-state index >= 15 is 0 Å². The van der Waals surface area contributed by atoms with Gasteiger partial charge in [-0.1, -0.05) is 12.1 Å². The highest BCUT2D eigenvalue weighted by Crippen LogP contribution is 2.59. The Hall–Kier alpha value is -2.63. The number of rotatable bonds is 5. The SMILES string of the molecule is O=C(COC(=O)c1cc(=O)c2ccccc2o1)NCC12CC3CC(CC(C3)C1)C2.